The highest BCUT2D eigenvalue weighted by molar-refractivity contribution is 6.33. The Balaban J connectivity index is 1.34. The van der Waals surface area contributed by atoms with Gasteiger partial charge in [-0.05, 0) is 67.8 Å². The van der Waals surface area contributed by atoms with Crippen LogP contribution in [-0.4, -0.2) is 65.1 Å². The van der Waals surface area contributed by atoms with Gasteiger partial charge in [-0.1, -0.05) is 35.3 Å². The van der Waals surface area contributed by atoms with Crippen molar-refractivity contribution in [3.8, 4) is 6.07 Å². The summed E-state index contributed by atoms with van der Waals surface area (Å²) >= 11 is 12.8. The highest BCUT2D eigenvalue weighted by Crippen LogP contribution is 2.37. The lowest BCUT2D eigenvalue weighted by molar-refractivity contribution is 0.00673. The van der Waals surface area contributed by atoms with E-state index in [1.807, 2.05) is 35.2 Å². The number of carbonyl (C=O) groups excluding carboxylic acids is 1. The molecule has 7 nitrogen and oxygen atoms in total. The highest BCUT2D eigenvalue weighted by Gasteiger charge is 2.35. The maximum Gasteiger partial charge on any atom is 0.255 e. The summed E-state index contributed by atoms with van der Waals surface area (Å²) in [4.78, 5) is 23.5. The fourth-order valence-corrected chi connectivity index (χ4v) is 5.92. The molecule has 1 aromatic heterocycles. The van der Waals surface area contributed by atoms with Crippen LogP contribution in [0.15, 0.2) is 60.8 Å². The minimum Gasteiger partial charge on any atom is -0.382 e. The lowest BCUT2D eigenvalue weighted by Crippen LogP contribution is -2.52. The van der Waals surface area contributed by atoms with Crippen molar-refractivity contribution >= 4 is 34.8 Å². The number of carbonyl (C=O) groups is 1. The van der Waals surface area contributed by atoms with Gasteiger partial charge in [0.1, 0.15) is 5.60 Å². The van der Waals surface area contributed by atoms with E-state index in [-0.39, 0.29) is 11.9 Å². The number of hydrogen-bond donors (Lipinski definition) is 1. The van der Waals surface area contributed by atoms with Gasteiger partial charge in [0.25, 0.3) is 5.91 Å². The van der Waals surface area contributed by atoms with Crippen molar-refractivity contribution in [3.05, 3.63) is 93.2 Å². The van der Waals surface area contributed by atoms with Gasteiger partial charge in [-0.2, -0.15) is 5.26 Å². The van der Waals surface area contributed by atoms with E-state index in [9.17, 15) is 15.2 Å². The molecule has 5 rings (SSSR count). The van der Waals surface area contributed by atoms with Crippen LogP contribution >= 0.6 is 23.2 Å². The Morgan fingerprint density at radius 1 is 1.08 bits per heavy atom. The summed E-state index contributed by atoms with van der Waals surface area (Å²) in [6, 6.07) is 18.7. The van der Waals surface area contributed by atoms with Gasteiger partial charge in [0, 0.05) is 50.5 Å². The van der Waals surface area contributed by atoms with E-state index in [2.05, 4.69) is 20.9 Å². The molecule has 0 saturated carbocycles. The number of anilines is 1. The highest BCUT2D eigenvalue weighted by atomic mass is 35.5. The van der Waals surface area contributed by atoms with Gasteiger partial charge in [0.2, 0.25) is 0 Å². The molecule has 9 heteroatoms. The number of β-amino-alcohol motifs (C(OH)–C–C–N with tert-alkyl or cyclic N) is 1. The molecule has 2 aliphatic rings. The summed E-state index contributed by atoms with van der Waals surface area (Å²) in [7, 11) is 0. The third kappa shape index (κ3) is 6.05. The Kier molecular flexibility index (Phi) is 8.11. The van der Waals surface area contributed by atoms with Crippen molar-refractivity contribution in [3.63, 3.8) is 0 Å². The molecule has 202 valence electrons. The number of halogens is 2. The first kappa shape index (κ1) is 27.4. The normalized spacial score (nSPS) is 19.5. The Morgan fingerprint density at radius 3 is 2.46 bits per heavy atom. The Labute approximate surface area is 239 Å². The summed E-state index contributed by atoms with van der Waals surface area (Å²) in [5.74, 6) is -0.00501. The third-order valence-electron chi connectivity index (χ3n) is 7.59. The lowest BCUT2D eigenvalue weighted by atomic mass is 9.97. The first-order valence-electron chi connectivity index (χ1n) is 13.2. The Hall–Kier alpha value is -3.15. The number of hydrogen-bond acceptors (Lipinski definition) is 6. The standard InChI is InChI=1S/C30H31Cl2N5O2/c1-30(39,28-11-7-23(18-34-28)29(38)36-12-2-3-13-36)20-35-14-15-37(26-10-4-21(17-33)16-25(26)32)27(19-35)22-5-8-24(31)9-6-22/h4-11,16,18,27,39H,2-3,12-15,19-20H2,1H3/t27-,30+/m0/s1. The summed E-state index contributed by atoms with van der Waals surface area (Å²) in [6.07, 6.45) is 3.65. The van der Waals surface area contributed by atoms with Crippen LogP contribution in [0, 0.1) is 11.3 Å². The van der Waals surface area contributed by atoms with Crippen molar-refractivity contribution in [2.75, 3.05) is 44.2 Å². The van der Waals surface area contributed by atoms with Crippen molar-refractivity contribution in [1.82, 2.24) is 14.8 Å². The van der Waals surface area contributed by atoms with E-state index in [4.69, 9.17) is 23.2 Å². The molecule has 0 spiro atoms. The van der Waals surface area contributed by atoms with Gasteiger partial charge < -0.3 is 14.9 Å². The maximum atomic E-state index is 12.7. The zero-order valence-electron chi connectivity index (χ0n) is 21.9. The van der Waals surface area contributed by atoms with Crippen LogP contribution in [0.2, 0.25) is 10.0 Å². The Bertz CT molecular complexity index is 1370. The molecule has 0 unspecified atom stereocenters. The molecule has 0 bridgehead atoms. The third-order valence-corrected chi connectivity index (χ3v) is 8.15. The summed E-state index contributed by atoms with van der Waals surface area (Å²) in [5, 5.41) is 21.9. The minimum atomic E-state index is -1.21. The van der Waals surface area contributed by atoms with Gasteiger partial charge in [-0.25, -0.2) is 0 Å². The van der Waals surface area contributed by atoms with Crippen molar-refractivity contribution in [2.24, 2.45) is 0 Å². The summed E-state index contributed by atoms with van der Waals surface area (Å²) < 4.78 is 0. The van der Waals surface area contributed by atoms with Crippen LogP contribution in [0.1, 0.15) is 53.0 Å². The predicted molar refractivity (Wildman–Crippen MR) is 153 cm³/mol. The number of likely N-dealkylation sites (tertiary alicyclic amines) is 1. The second kappa shape index (κ2) is 11.5. The van der Waals surface area contributed by atoms with Crippen LogP contribution in [0.4, 0.5) is 5.69 Å². The first-order valence-corrected chi connectivity index (χ1v) is 13.9. The van der Waals surface area contributed by atoms with Crippen LogP contribution in [-0.2, 0) is 5.60 Å². The topological polar surface area (TPSA) is 83.7 Å². The van der Waals surface area contributed by atoms with Crippen LogP contribution in [0.3, 0.4) is 0 Å². The fraction of sp³-hybridized carbons (Fsp3) is 0.367. The number of amides is 1. The monoisotopic (exact) mass is 563 g/mol. The smallest absolute Gasteiger partial charge is 0.255 e. The molecule has 2 aliphatic heterocycles. The number of nitriles is 1. The second-order valence-corrected chi connectivity index (χ2v) is 11.3. The average molecular weight is 565 g/mol. The van der Waals surface area contributed by atoms with E-state index >= 15 is 0 Å². The van der Waals surface area contributed by atoms with Gasteiger partial charge in [0.15, 0.2) is 0 Å². The van der Waals surface area contributed by atoms with Gasteiger partial charge >= 0.3 is 0 Å². The van der Waals surface area contributed by atoms with E-state index in [0.717, 1.165) is 37.2 Å². The molecule has 0 aliphatic carbocycles. The maximum absolute atomic E-state index is 12.7. The van der Waals surface area contributed by atoms with Crippen LogP contribution in [0.25, 0.3) is 0 Å². The van der Waals surface area contributed by atoms with E-state index < -0.39 is 5.60 Å². The minimum absolute atomic E-state index is 0.00501. The molecule has 39 heavy (non-hydrogen) atoms. The molecule has 1 amide bonds. The molecule has 2 saturated heterocycles. The SMILES string of the molecule is C[C@@](O)(CN1CCN(c2ccc(C#N)cc2Cl)[C@H](c2ccc(Cl)cc2)C1)c1ccc(C(=O)N2CCCC2)cn1. The first-order chi connectivity index (χ1) is 18.7. The second-order valence-electron chi connectivity index (χ2n) is 10.5. The van der Waals surface area contributed by atoms with E-state index in [0.29, 0.717) is 53.0 Å². The van der Waals surface area contributed by atoms with E-state index in [1.54, 1.807) is 37.4 Å². The number of pyridine rings is 1. The van der Waals surface area contributed by atoms with Crippen molar-refractivity contribution in [2.45, 2.75) is 31.4 Å². The Morgan fingerprint density at radius 2 is 1.82 bits per heavy atom. The molecule has 3 aromatic rings. The zero-order valence-corrected chi connectivity index (χ0v) is 23.4. The lowest BCUT2D eigenvalue weighted by Gasteiger charge is -2.45. The van der Waals surface area contributed by atoms with E-state index in [1.165, 1.54) is 0 Å². The van der Waals surface area contributed by atoms with Crippen molar-refractivity contribution < 1.29 is 9.90 Å². The summed E-state index contributed by atoms with van der Waals surface area (Å²) in [5.41, 5.74) is 2.32. The van der Waals surface area contributed by atoms with Crippen molar-refractivity contribution in [1.29, 1.82) is 5.26 Å². The number of nitrogens with zero attached hydrogens (tertiary/aromatic N) is 5. The number of piperazine rings is 1. The molecule has 2 atom stereocenters. The fourth-order valence-electron chi connectivity index (χ4n) is 5.51. The largest absolute Gasteiger partial charge is 0.382 e. The van der Waals surface area contributed by atoms with Crippen LogP contribution in [0.5, 0.6) is 0 Å². The molecule has 2 fully saturated rings. The summed E-state index contributed by atoms with van der Waals surface area (Å²) in [6.45, 7) is 5.71. The molecular weight excluding hydrogens is 533 g/mol. The molecule has 3 heterocycles. The van der Waals surface area contributed by atoms with Gasteiger partial charge in [0.05, 0.1) is 39.6 Å². The molecule has 0 radical (unpaired) electrons. The number of benzene rings is 2. The zero-order chi connectivity index (χ0) is 27.6. The molecule has 1 N–H and O–H groups in total. The number of aromatic nitrogens is 1. The predicted octanol–water partition coefficient (Wildman–Crippen LogP) is 5.27. The average Bonchev–Trinajstić information content (AvgIpc) is 3.48. The quantitative estimate of drug-likeness (QED) is 0.440. The van der Waals surface area contributed by atoms with Crippen LogP contribution < -0.4 is 4.90 Å². The molecular formula is C30H31Cl2N5O2. The number of rotatable bonds is 6. The van der Waals surface area contributed by atoms with Gasteiger partial charge in [-0.15, -0.1) is 0 Å². The van der Waals surface area contributed by atoms with Gasteiger partial charge in [-0.3, -0.25) is 14.7 Å². The molecule has 2 aromatic carbocycles. The number of aliphatic hydroxyl groups is 1.